The van der Waals surface area contributed by atoms with Crippen molar-refractivity contribution in [1.29, 1.82) is 0 Å². The maximum atomic E-state index is 14.4. The molecule has 2 aromatic rings. The van der Waals surface area contributed by atoms with Crippen molar-refractivity contribution in [2.45, 2.75) is 18.6 Å². The van der Waals surface area contributed by atoms with E-state index >= 15 is 0 Å². The van der Waals surface area contributed by atoms with Crippen LogP contribution in [0.2, 0.25) is 0 Å². The molecule has 1 aliphatic heterocycles. The average Bonchev–Trinajstić information content (AvgIpc) is 3.03. The normalized spacial score (nSPS) is 18.3. The van der Waals surface area contributed by atoms with Gasteiger partial charge in [-0.2, -0.15) is 0 Å². The highest BCUT2D eigenvalue weighted by atomic mass is 19.1. The van der Waals surface area contributed by atoms with E-state index in [2.05, 4.69) is 16.0 Å². The third-order valence-electron chi connectivity index (χ3n) is 4.65. The minimum atomic E-state index is -1.12. The van der Waals surface area contributed by atoms with Crippen molar-refractivity contribution >= 4 is 17.6 Å². The molecule has 0 radical (unpaired) electrons. The highest BCUT2D eigenvalue weighted by Gasteiger charge is 2.40. The second-order valence-corrected chi connectivity index (χ2v) is 6.56. The smallest absolute Gasteiger partial charge is 0.319 e. The van der Waals surface area contributed by atoms with E-state index in [0.29, 0.717) is 12.3 Å². The molecule has 3 rings (SSSR count). The number of rotatable bonds is 6. The summed E-state index contributed by atoms with van der Waals surface area (Å²) >= 11 is 0. The van der Waals surface area contributed by atoms with Crippen molar-refractivity contribution in [1.82, 2.24) is 10.6 Å². The lowest BCUT2D eigenvalue weighted by Gasteiger charge is -2.20. The number of halogens is 2. The van der Waals surface area contributed by atoms with Crippen LogP contribution < -0.4 is 20.7 Å². The van der Waals surface area contributed by atoms with Gasteiger partial charge in [-0.1, -0.05) is 12.1 Å². The summed E-state index contributed by atoms with van der Waals surface area (Å²) in [5.41, 5.74) is 1.15. The quantitative estimate of drug-likeness (QED) is 0.689. The fraction of sp³-hybridized carbons (Fsp3) is 0.300. The number of methoxy groups -OCH3 is 2. The minimum Gasteiger partial charge on any atom is -0.497 e. The van der Waals surface area contributed by atoms with Gasteiger partial charge < -0.3 is 25.4 Å². The third kappa shape index (κ3) is 4.62. The summed E-state index contributed by atoms with van der Waals surface area (Å²) in [7, 11) is 2.88. The molecule has 0 aromatic heterocycles. The molecule has 0 bridgehead atoms. The van der Waals surface area contributed by atoms with Crippen LogP contribution in [0, 0.1) is 11.6 Å². The molecule has 3 amide bonds. The van der Waals surface area contributed by atoms with Crippen LogP contribution >= 0.6 is 0 Å². The molecule has 2 atom stereocenters. The van der Waals surface area contributed by atoms with Crippen LogP contribution in [0.15, 0.2) is 36.4 Å². The van der Waals surface area contributed by atoms with Gasteiger partial charge in [0, 0.05) is 43.0 Å². The summed E-state index contributed by atoms with van der Waals surface area (Å²) in [4.78, 5) is 24.5. The highest BCUT2D eigenvalue weighted by Crippen LogP contribution is 2.31. The zero-order valence-electron chi connectivity index (χ0n) is 15.9. The van der Waals surface area contributed by atoms with Crippen molar-refractivity contribution in [2.75, 3.05) is 26.1 Å². The van der Waals surface area contributed by atoms with E-state index in [1.54, 1.807) is 31.4 Å². The van der Waals surface area contributed by atoms with Crippen molar-refractivity contribution in [3.8, 4) is 5.75 Å². The summed E-state index contributed by atoms with van der Waals surface area (Å²) in [6.07, 6.45) is 0. The van der Waals surface area contributed by atoms with Crippen molar-refractivity contribution in [2.24, 2.45) is 0 Å². The Morgan fingerprint density at radius 2 is 1.83 bits per heavy atom. The van der Waals surface area contributed by atoms with E-state index in [4.69, 9.17) is 9.47 Å². The highest BCUT2D eigenvalue weighted by molar-refractivity contribution is 5.95. The van der Waals surface area contributed by atoms with Crippen molar-refractivity contribution < 1.29 is 27.8 Å². The molecule has 1 aliphatic rings. The number of hydrogen-bond acceptors (Lipinski definition) is 4. The van der Waals surface area contributed by atoms with Gasteiger partial charge in [-0.25, -0.2) is 13.6 Å². The Morgan fingerprint density at radius 1 is 1.17 bits per heavy atom. The third-order valence-corrected chi connectivity index (χ3v) is 4.65. The fourth-order valence-corrected chi connectivity index (χ4v) is 3.25. The van der Waals surface area contributed by atoms with Crippen molar-refractivity contribution in [3.63, 3.8) is 0 Å². The van der Waals surface area contributed by atoms with Gasteiger partial charge in [0.25, 0.3) is 0 Å². The number of carbonyl (C=O) groups excluding carboxylic acids is 2. The van der Waals surface area contributed by atoms with Crippen LogP contribution in [0.1, 0.15) is 17.0 Å². The van der Waals surface area contributed by atoms with Gasteiger partial charge in [0.15, 0.2) is 0 Å². The second-order valence-electron chi connectivity index (χ2n) is 6.56. The SMILES string of the molecule is COCc1ccc(NC(=O)N[C@@H]2C(=O)NC[C@H]2c2c(F)cc(OC)cc2F)cc1. The molecule has 3 N–H and O–H groups in total. The Balaban J connectivity index is 1.73. The lowest BCUT2D eigenvalue weighted by Crippen LogP contribution is -2.45. The van der Waals surface area contributed by atoms with Gasteiger partial charge in [0.2, 0.25) is 5.91 Å². The minimum absolute atomic E-state index is 0.00430. The Bertz CT molecular complexity index is 882. The van der Waals surface area contributed by atoms with Crippen LogP contribution in [0.25, 0.3) is 0 Å². The zero-order valence-corrected chi connectivity index (χ0v) is 15.9. The van der Waals surface area contributed by atoms with E-state index in [0.717, 1.165) is 17.7 Å². The molecule has 0 spiro atoms. The number of amides is 3. The van der Waals surface area contributed by atoms with Crippen LogP contribution in [-0.2, 0) is 16.1 Å². The molecular formula is C20H21F2N3O4. The number of carbonyl (C=O) groups is 2. The molecule has 0 aliphatic carbocycles. The van der Waals surface area contributed by atoms with E-state index in [1.807, 2.05) is 0 Å². The maximum Gasteiger partial charge on any atom is 0.319 e. The van der Waals surface area contributed by atoms with Crippen LogP contribution in [0.5, 0.6) is 5.75 Å². The maximum absolute atomic E-state index is 14.4. The topological polar surface area (TPSA) is 88.7 Å². The van der Waals surface area contributed by atoms with Gasteiger partial charge in [-0.15, -0.1) is 0 Å². The Kier molecular flexibility index (Phi) is 6.28. The Morgan fingerprint density at radius 3 is 2.41 bits per heavy atom. The molecule has 1 saturated heterocycles. The molecule has 7 nitrogen and oxygen atoms in total. The number of urea groups is 1. The van der Waals surface area contributed by atoms with E-state index < -0.39 is 35.5 Å². The van der Waals surface area contributed by atoms with Gasteiger partial charge in [0.05, 0.1) is 13.7 Å². The number of benzene rings is 2. The Hall–Kier alpha value is -3.20. The van der Waals surface area contributed by atoms with Crippen molar-refractivity contribution in [3.05, 3.63) is 59.2 Å². The lowest BCUT2D eigenvalue weighted by molar-refractivity contribution is -0.120. The summed E-state index contributed by atoms with van der Waals surface area (Å²) in [5.74, 6) is -3.08. The van der Waals surface area contributed by atoms with Crippen LogP contribution in [-0.4, -0.2) is 38.7 Å². The zero-order chi connectivity index (χ0) is 21.0. The van der Waals surface area contributed by atoms with Crippen LogP contribution in [0.3, 0.4) is 0 Å². The molecule has 29 heavy (non-hydrogen) atoms. The standard InChI is InChI=1S/C20H21F2N3O4/c1-28-10-11-3-5-12(6-4-11)24-20(27)25-18-14(9-23-19(18)26)17-15(21)7-13(29-2)8-16(17)22/h3-8,14,18H,9-10H2,1-2H3,(H,23,26)(H2,24,25,27)/t14-,18-/m0/s1. The summed E-state index contributed by atoms with van der Waals surface area (Å²) < 4.78 is 38.7. The molecule has 2 aromatic carbocycles. The fourth-order valence-electron chi connectivity index (χ4n) is 3.25. The monoisotopic (exact) mass is 405 g/mol. The van der Waals surface area contributed by atoms with Gasteiger partial charge in [0.1, 0.15) is 23.4 Å². The number of nitrogens with one attached hydrogen (secondary N) is 3. The lowest BCUT2D eigenvalue weighted by atomic mass is 9.93. The van der Waals surface area contributed by atoms with E-state index in [-0.39, 0.29) is 17.9 Å². The molecule has 154 valence electrons. The summed E-state index contributed by atoms with van der Waals surface area (Å²) in [6, 6.07) is 7.23. The Labute approximate surface area is 166 Å². The molecule has 0 saturated carbocycles. The molecular weight excluding hydrogens is 384 g/mol. The predicted octanol–water partition coefficient (Wildman–Crippen LogP) is 2.52. The largest absolute Gasteiger partial charge is 0.497 e. The predicted molar refractivity (Wildman–Crippen MR) is 102 cm³/mol. The average molecular weight is 405 g/mol. The molecule has 0 unspecified atom stereocenters. The summed E-state index contributed by atoms with van der Waals surface area (Å²) in [5, 5.41) is 7.63. The second kappa shape index (κ2) is 8.87. The van der Waals surface area contributed by atoms with Gasteiger partial charge >= 0.3 is 6.03 Å². The molecule has 1 fully saturated rings. The number of anilines is 1. The van der Waals surface area contributed by atoms with Gasteiger partial charge in [-0.05, 0) is 17.7 Å². The summed E-state index contributed by atoms with van der Waals surface area (Å²) in [6.45, 7) is 0.436. The number of hydrogen-bond donors (Lipinski definition) is 3. The first-order valence-corrected chi connectivity index (χ1v) is 8.89. The van der Waals surface area contributed by atoms with E-state index in [1.165, 1.54) is 7.11 Å². The molecule has 1 heterocycles. The first-order valence-electron chi connectivity index (χ1n) is 8.89. The number of ether oxygens (including phenoxy) is 2. The van der Waals surface area contributed by atoms with Crippen LogP contribution in [0.4, 0.5) is 19.3 Å². The molecule has 9 heteroatoms. The van der Waals surface area contributed by atoms with Gasteiger partial charge in [-0.3, -0.25) is 4.79 Å². The first kappa shape index (κ1) is 20.5. The first-order chi connectivity index (χ1) is 13.9. The van der Waals surface area contributed by atoms with E-state index in [9.17, 15) is 18.4 Å².